The van der Waals surface area contributed by atoms with Crippen molar-refractivity contribution in [2.75, 3.05) is 13.7 Å². The molecule has 0 N–H and O–H groups in total. The third-order valence-corrected chi connectivity index (χ3v) is 6.39. The molecule has 0 fully saturated rings. The molecule has 0 unspecified atom stereocenters. The van der Waals surface area contributed by atoms with Gasteiger partial charge in [-0.1, -0.05) is 40.4 Å². The highest BCUT2D eigenvalue weighted by molar-refractivity contribution is 6.76. The Balaban J connectivity index is 1.91. The summed E-state index contributed by atoms with van der Waals surface area (Å²) in [5, 5.41) is 0. The molecule has 0 bridgehead atoms. The lowest BCUT2D eigenvalue weighted by atomic mass is 9.88. The second-order valence-electron chi connectivity index (χ2n) is 9.45. The number of hydrogen-bond acceptors (Lipinski definition) is 6. The highest BCUT2D eigenvalue weighted by atomic mass is 28.3. The van der Waals surface area contributed by atoms with Gasteiger partial charge in [-0.05, 0) is 12.1 Å². The van der Waals surface area contributed by atoms with Gasteiger partial charge in [0.2, 0.25) is 5.88 Å². The van der Waals surface area contributed by atoms with Crippen LogP contribution in [-0.2, 0) is 16.9 Å². The SMILES string of the molecule is COc1ncnc(C(C)(C)C)c1-c1ncc2c(ccn2COCC[Si](C)(C)C)n1. The summed E-state index contributed by atoms with van der Waals surface area (Å²) in [5.74, 6) is 1.05. The van der Waals surface area contributed by atoms with E-state index in [0.29, 0.717) is 18.4 Å². The van der Waals surface area contributed by atoms with Gasteiger partial charge in [0.15, 0.2) is 5.82 Å². The number of methoxy groups -OCH3 is 1. The first-order chi connectivity index (χ1) is 13.6. The molecule has 156 valence electrons. The van der Waals surface area contributed by atoms with Gasteiger partial charge < -0.3 is 14.0 Å². The second-order valence-corrected chi connectivity index (χ2v) is 15.1. The van der Waals surface area contributed by atoms with Gasteiger partial charge in [0.05, 0.1) is 30.0 Å². The number of fused-ring (bicyclic) bond motifs is 1. The van der Waals surface area contributed by atoms with E-state index in [4.69, 9.17) is 14.5 Å². The Hall–Kier alpha value is -2.32. The predicted octanol–water partition coefficient (Wildman–Crippen LogP) is 4.51. The van der Waals surface area contributed by atoms with Crippen LogP contribution in [0.3, 0.4) is 0 Å². The minimum Gasteiger partial charge on any atom is -0.480 e. The molecule has 0 saturated heterocycles. The molecule has 0 aliphatic heterocycles. The van der Waals surface area contributed by atoms with Gasteiger partial charge in [-0.2, -0.15) is 0 Å². The first-order valence-electron chi connectivity index (χ1n) is 9.89. The van der Waals surface area contributed by atoms with Gasteiger partial charge >= 0.3 is 0 Å². The van der Waals surface area contributed by atoms with Crippen molar-refractivity contribution in [2.24, 2.45) is 0 Å². The number of hydrogen-bond donors (Lipinski definition) is 0. The zero-order valence-corrected chi connectivity index (χ0v) is 19.5. The van der Waals surface area contributed by atoms with E-state index in [0.717, 1.165) is 34.9 Å². The molecule has 8 heteroatoms. The first kappa shape index (κ1) is 21.4. The molecule has 0 spiro atoms. The molecule has 0 aliphatic carbocycles. The molecule has 3 heterocycles. The molecule has 3 rings (SSSR count). The molecule has 3 aromatic rings. The zero-order valence-electron chi connectivity index (χ0n) is 18.5. The molecular weight excluding hydrogens is 382 g/mol. The maximum atomic E-state index is 5.88. The van der Waals surface area contributed by atoms with Crippen LogP contribution in [0.1, 0.15) is 26.5 Å². The van der Waals surface area contributed by atoms with Gasteiger partial charge in [0, 0.05) is 26.3 Å². The minimum absolute atomic E-state index is 0.194. The highest BCUT2D eigenvalue weighted by Gasteiger charge is 2.26. The summed E-state index contributed by atoms with van der Waals surface area (Å²) < 4.78 is 13.4. The van der Waals surface area contributed by atoms with Crippen LogP contribution in [0.2, 0.25) is 25.7 Å². The van der Waals surface area contributed by atoms with Crippen LogP contribution in [0, 0.1) is 0 Å². The Labute approximate surface area is 173 Å². The van der Waals surface area contributed by atoms with Crippen molar-refractivity contribution in [1.82, 2.24) is 24.5 Å². The fraction of sp³-hybridized carbons (Fsp3) is 0.524. The Morgan fingerprint density at radius 3 is 2.52 bits per heavy atom. The summed E-state index contributed by atoms with van der Waals surface area (Å²) in [6, 6.07) is 3.13. The molecule has 0 aliphatic rings. The summed E-state index contributed by atoms with van der Waals surface area (Å²) in [5.41, 5.74) is 3.20. The van der Waals surface area contributed by atoms with Crippen molar-refractivity contribution in [2.45, 2.75) is 58.6 Å². The van der Waals surface area contributed by atoms with E-state index >= 15 is 0 Å². The van der Waals surface area contributed by atoms with Crippen molar-refractivity contribution in [1.29, 1.82) is 0 Å². The Morgan fingerprint density at radius 1 is 1.10 bits per heavy atom. The summed E-state index contributed by atoms with van der Waals surface area (Å²) in [7, 11) is 0.512. The van der Waals surface area contributed by atoms with Crippen molar-refractivity contribution >= 4 is 19.1 Å². The maximum absolute atomic E-state index is 5.88. The molecule has 29 heavy (non-hydrogen) atoms. The molecule has 0 atom stereocenters. The zero-order chi connectivity index (χ0) is 21.2. The third kappa shape index (κ3) is 5.00. The van der Waals surface area contributed by atoms with E-state index < -0.39 is 8.07 Å². The fourth-order valence-corrected chi connectivity index (χ4v) is 3.80. The largest absolute Gasteiger partial charge is 0.480 e. The summed E-state index contributed by atoms with van der Waals surface area (Å²) in [4.78, 5) is 18.2. The van der Waals surface area contributed by atoms with E-state index in [9.17, 15) is 0 Å². The van der Waals surface area contributed by atoms with Gasteiger partial charge in [-0.25, -0.2) is 19.9 Å². The Bertz CT molecular complexity index is 989. The lowest BCUT2D eigenvalue weighted by molar-refractivity contribution is 0.0902. The average molecular weight is 414 g/mol. The lowest BCUT2D eigenvalue weighted by Gasteiger charge is -2.21. The number of ether oxygens (including phenoxy) is 2. The van der Waals surface area contributed by atoms with E-state index in [1.165, 1.54) is 6.33 Å². The molecule has 0 saturated carbocycles. The summed E-state index contributed by atoms with van der Waals surface area (Å²) >= 11 is 0. The molecule has 0 amide bonds. The predicted molar refractivity (Wildman–Crippen MR) is 118 cm³/mol. The van der Waals surface area contributed by atoms with Crippen LogP contribution >= 0.6 is 0 Å². The van der Waals surface area contributed by atoms with Crippen molar-refractivity contribution in [3.05, 3.63) is 30.5 Å². The lowest BCUT2D eigenvalue weighted by Crippen LogP contribution is -2.21. The van der Waals surface area contributed by atoms with Gasteiger partial charge in [0.1, 0.15) is 18.6 Å². The van der Waals surface area contributed by atoms with Crippen LogP contribution in [0.5, 0.6) is 5.88 Å². The van der Waals surface area contributed by atoms with Crippen molar-refractivity contribution in [3.63, 3.8) is 0 Å². The van der Waals surface area contributed by atoms with Crippen LogP contribution in [0.25, 0.3) is 22.4 Å². The second kappa shape index (κ2) is 8.20. The minimum atomic E-state index is -1.09. The topological polar surface area (TPSA) is 75.0 Å². The maximum Gasteiger partial charge on any atom is 0.227 e. The van der Waals surface area contributed by atoms with E-state index in [2.05, 4.69) is 55.4 Å². The van der Waals surface area contributed by atoms with E-state index in [1.807, 2.05) is 23.0 Å². The fourth-order valence-electron chi connectivity index (χ4n) is 3.04. The van der Waals surface area contributed by atoms with Crippen molar-refractivity contribution < 1.29 is 9.47 Å². The number of aromatic nitrogens is 5. The molecular formula is C21H31N5O2Si. The average Bonchev–Trinajstić information content (AvgIpc) is 3.05. The monoisotopic (exact) mass is 413 g/mol. The smallest absolute Gasteiger partial charge is 0.227 e. The van der Waals surface area contributed by atoms with E-state index in [-0.39, 0.29) is 5.41 Å². The first-order valence-corrected chi connectivity index (χ1v) is 13.6. The number of nitrogens with zero attached hydrogens (tertiary/aromatic N) is 5. The van der Waals surface area contributed by atoms with Gasteiger partial charge in [-0.15, -0.1) is 0 Å². The molecule has 3 aromatic heterocycles. The molecule has 7 nitrogen and oxygen atoms in total. The number of rotatable bonds is 7. The van der Waals surface area contributed by atoms with Gasteiger partial charge in [-0.3, -0.25) is 0 Å². The quantitative estimate of drug-likeness (QED) is 0.419. The standard InChI is InChI=1S/C21H31N5O2Si/c1-21(2,3)18-17(20(27-4)24-13-23-18)19-22-12-16-15(25-19)8-9-26(16)14-28-10-11-29(5,6)7/h8-9,12-13H,10-11,14H2,1-7H3. The van der Waals surface area contributed by atoms with Crippen LogP contribution < -0.4 is 4.74 Å². The van der Waals surface area contributed by atoms with E-state index in [1.54, 1.807) is 7.11 Å². The third-order valence-electron chi connectivity index (χ3n) is 4.69. The van der Waals surface area contributed by atoms with Crippen LogP contribution in [-0.4, -0.2) is 46.3 Å². The normalized spacial score (nSPS) is 12.5. The summed E-state index contributed by atoms with van der Waals surface area (Å²) in [6.45, 7) is 14.6. The highest BCUT2D eigenvalue weighted by Crippen LogP contribution is 2.35. The Kier molecular flexibility index (Phi) is 6.04. The van der Waals surface area contributed by atoms with Crippen molar-refractivity contribution in [3.8, 4) is 17.3 Å². The molecule has 0 radical (unpaired) electrons. The van der Waals surface area contributed by atoms with Gasteiger partial charge in [0.25, 0.3) is 0 Å². The van der Waals surface area contributed by atoms with Crippen LogP contribution in [0.15, 0.2) is 24.8 Å². The Morgan fingerprint density at radius 2 is 1.86 bits per heavy atom. The van der Waals surface area contributed by atoms with Crippen LogP contribution in [0.4, 0.5) is 0 Å². The molecule has 0 aromatic carbocycles. The summed E-state index contributed by atoms with van der Waals surface area (Å²) in [6.07, 6.45) is 5.34.